The summed E-state index contributed by atoms with van der Waals surface area (Å²) in [5.41, 5.74) is 2.14. The summed E-state index contributed by atoms with van der Waals surface area (Å²) in [5, 5.41) is 0.526. The van der Waals surface area contributed by atoms with Crippen molar-refractivity contribution in [2.75, 3.05) is 7.11 Å². The third kappa shape index (κ3) is 4.36. The minimum absolute atomic E-state index is 0.163. The van der Waals surface area contributed by atoms with Gasteiger partial charge in [0.05, 0.1) is 18.2 Å². The molecule has 156 valence electrons. The minimum Gasteiger partial charge on any atom is -0.496 e. The van der Waals surface area contributed by atoms with Crippen molar-refractivity contribution >= 4 is 45.4 Å². The topological polar surface area (TPSA) is 61.8 Å². The molecule has 0 unspecified atom stereocenters. The highest BCUT2D eigenvalue weighted by atomic mass is 79.9. The lowest BCUT2D eigenvalue weighted by atomic mass is 10.0. The zero-order valence-corrected chi connectivity index (χ0v) is 18.9. The summed E-state index contributed by atoms with van der Waals surface area (Å²) in [6.45, 7) is 1.77. The maximum atomic E-state index is 12.9. The SMILES string of the molecule is COc1ccc(Br)cc1/C=C1\Oc2cc(OC(=O)c3ccc(Cl)cc3)cc(C)c2C1=O. The smallest absolute Gasteiger partial charge is 0.343 e. The summed E-state index contributed by atoms with van der Waals surface area (Å²) in [6.07, 6.45) is 1.63. The summed E-state index contributed by atoms with van der Waals surface area (Å²) < 4.78 is 17.5. The Morgan fingerprint density at radius 1 is 1.10 bits per heavy atom. The number of benzene rings is 3. The number of aryl methyl sites for hydroxylation is 1. The number of hydrogen-bond acceptors (Lipinski definition) is 5. The molecule has 1 aliphatic rings. The fraction of sp³-hybridized carbons (Fsp3) is 0.0833. The largest absolute Gasteiger partial charge is 0.496 e. The summed E-state index contributed by atoms with van der Waals surface area (Å²) in [4.78, 5) is 25.3. The van der Waals surface area contributed by atoms with E-state index in [4.69, 9.17) is 25.8 Å². The van der Waals surface area contributed by atoms with Gasteiger partial charge in [0, 0.05) is 21.1 Å². The molecule has 1 aliphatic heterocycles. The van der Waals surface area contributed by atoms with Crippen LogP contribution in [-0.2, 0) is 0 Å². The molecule has 0 bridgehead atoms. The van der Waals surface area contributed by atoms with Crippen LogP contribution in [0.3, 0.4) is 0 Å². The maximum absolute atomic E-state index is 12.9. The lowest BCUT2D eigenvalue weighted by Crippen LogP contribution is -2.08. The molecule has 0 fully saturated rings. The molecule has 0 spiro atoms. The van der Waals surface area contributed by atoms with Gasteiger partial charge in [-0.25, -0.2) is 4.79 Å². The Morgan fingerprint density at radius 3 is 2.55 bits per heavy atom. The van der Waals surface area contributed by atoms with Crippen LogP contribution in [0, 0.1) is 6.92 Å². The van der Waals surface area contributed by atoms with Gasteiger partial charge in [0.2, 0.25) is 5.78 Å². The highest BCUT2D eigenvalue weighted by molar-refractivity contribution is 9.10. The molecule has 0 saturated heterocycles. The van der Waals surface area contributed by atoms with Crippen LogP contribution >= 0.6 is 27.5 Å². The molecule has 0 N–H and O–H groups in total. The Kier molecular flexibility index (Phi) is 5.85. The Bertz CT molecular complexity index is 1230. The molecule has 3 aromatic rings. The molecule has 4 rings (SSSR count). The standard InChI is InChI=1S/C24H16BrClO5/c1-13-9-18(30-24(28)14-3-6-17(26)7-4-14)12-20-22(13)23(27)21(31-20)11-15-10-16(25)5-8-19(15)29-2/h3-12H,1-2H3/b21-11-. The van der Waals surface area contributed by atoms with Gasteiger partial charge in [-0.2, -0.15) is 0 Å². The zero-order valence-electron chi connectivity index (χ0n) is 16.6. The van der Waals surface area contributed by atoms with Crippen molar-refractivity contribution in [3.8, 4) is 17.2 Å². The van der Waals surface area contributed by atoms with Crippen LogP contribution in [0.1, 0.15) is 31.8 Å². The van der Waals surface area contributed by atoms with Gasteiger partial charge in [-0.1, -0.05) is 27.5 Å². The second kappa shape index (κ2) is 8.57. The first-order valence-electron chi connectivity index (χ1n) is 9.26. The van der Waals surface area contributed by atoms with Crippen LogP contribution in [0.25, 0.3) is 6.08 Å². The summed E-state index contributed by atoms with van der Waals surface area (Å²) >= 11 is 9.28. The molecular formula is C24H16BrClO5. The number of esters is 1. The normalized spacial score (nSPS) is 13.7. The number of carbonyl (C=O) groups is 2. The van der Waals surface area contributed by atoms with Crippen LogP contribution in [-0.4, -0.2) is 18.9 Å². The molecule has 0 radical (unpaired) electrons. The molecular weight excluding hydrogens is 484 g/mol. The molecule has 5 nitrogen and oxygen atoms in total. The first kappa shape index (κ1) is 21.2. The number of carbonyl (C=O) groups excluding carboxylic acids is 2. The summed E-state index contributed by atoms with van der Waals surface area (Å²) in [6, 6.07) is 15.0. The first-order chi connectivity index (χ1) is 14.9. The van der Waals surface area contributed by atoms with E-state index in [1.54, 1.807) is 56.5 Å². The number of rotatable bonds is 4. The van der Waals surface area contributed by atoms with Crippen LogP contribution < -0.4 is 14.2 Å². The molecule has 0 aromatic heterocycles. The van der Waals surface area contributed by atoms with Crippen molar-refractivity contribution in [2.45, 2.75) is 6.92 Å². The van der Waals surface area contributed by atoms with E-state index in [-0.39, 0.29) is 17.3 Å². The average Bonchev–Trinajstić information content (AvgIpc) is 3.04. The van der Waals surface area contributed by atoms with Gasteiger partial charge in [-0.05, 0) is 67.1 Å². The Morgan fingerprint density at radius 2 is 1.84 bits per heavy atom. The second-order valence-electron chi connectivity index (χ2n) is 6.84. The lowest BCUT2D eigenvalue weighted by Gasteiger charge is -2.08. The van der Waals surface area contributed by atoms with E-state index in [1.165, 1.54) is 6.07 Å². The number of ketones is 1. The molecule has 0 aliphatic carbocycles. The van der Waals surface area contributed by atoms with Crippen molar-refractivity contribution in [1.82, 2.24) is 0 Å². The van der Waals surface area contributed by atoms with Crippen LogP contribution in [0.2, 0.25) is 5.02 Å². The number of halogens is 2. The Hall–Kier alpha value is -3.09. The van der Waals surface area contributed by atoms with Gasteiger partial charge in [-0.15, -0.1) is 0 Å². The third-order valence-electron chi connectivity index (χ3n) is 4.71. The number of methoxy groups -OCH3 is 1. The molecule has 1 heterocycles. The molecule has 0 amide bonds. The number of Topliss-reactive ketones (excluding diaryl/α,β-unsaturated/α-hetero) is 1. The fourth-order valence-corrected chi connectivity index (χ4v) is 3.75. The number of fused-ring (bicyclic) bond motifs is 1. The van der Waals surface area contributed by atoms with E-state index < -0.39 is 5.97 Å². The average molecular weight is 500 g/mol. The summed E-state index contributed by atoms with van der Waals surface area (Å²) in [7, 11) is 1.56. The number of ether oxygens (including phenoxy) is 3. The monoisotopic (exact) mass is 498 g/mol. The number of allylic oxidation sites excluding steroid dienone is 1. The maximum Gasteiger partial charge on any atom is 0.343 e. The van der Waals surface area contributed by atoms with Crippen molar-refractivity contribution in [2.24, 2.45) is 0 Å². The minimum atomic E-state index is -0.532. The predicted octanol–water partition coefficient (Wildman–Crippen LogP) is 6.25. The van der Waals surface area contributed by atoms with E-state index >= 15 is 0 Å². The van der Waals surface area contributed by atoms with Gasteiger partial charge in [0.25, 0.3) is 0 Å². The molecule has 31 heavy (non-hydrogen) atoms. The second-order valence-corrected chi connectivity index (χ2v) is 8.19. The van der Waals surface area contributed by atoms with Crippen molar-refractivity contribution in [1.29, 1.82) is 0 Å². The third-order valence-corrected chi connectivity index (χ3v) is 5.46. The van der Waals surface area contributed by atoms with Gasteiger partial charge >= 0.3 is 5.97 Å². The molecule has 3 aromatic carbocycles. The lowest BCUT2D eigenvalue weighted by molar-refractivity contribution is 0.0734. The van der Waals surface area contributed by atoms with Gasteiger partial charge in [-0.3, -0.25) is 4.79 Å². The zero-order chi connectivity index (χ0) is 22.1. The van der Waals surface area contributed by atoms with Crippen molar-refractivity contribution in [3.63, 3.8) is 0 Å². The summed E-state index contributed by atoms with van der Waals surface area (Å²) in [5.74, 6) is 0.613. The quantitative estimate of drug-likeness (QED) is 0.241. The highest BCUT2D eigenvalue weighted by Gasteiger charge is 2.30. The van der Waals surface area contributed by atoms with E-state index in [0.717, 1.165) is 4.47 Å². The van der Waals surface area contributed by atoms with Crippen LogP contribution in [0.15, 0.2) is 64.8 Å². The predicted molar refractivity (Wildman–Crippen MR) is 121 cm³/mol. The highest BCUT2D eigenvalue weighted by Crippen LogP contribution is 2.38. The first-order valence-corrected chi connectivity index (χ1v) is 10.4. The van der Waals surface area contributed by atoms with Crippen LogP contribution in [0.5, 0.6) is 17.2 Å². The van der Waals surface area contributed by atoms with Crippen LogP contribution in [0.4, 0.5) is 0 Å². The van der Waals surface area contributed by atoms with E-state index in [1.807, 2.05) is 12.1 Å². The van der Waals surface area contributed by atoms with E-state index in [0.29, 0.717) is 38.8 Å². The fourth-order valence-electron chi connectivity index (χ4n) is 3.25. The molecule has 0 saturated carbocycles. The molecule has 7 heteroatoms. The molecule has 0 atom stereocenters. The number of hydrogen-bond donors (Lipinski definition) is 0. The van der Waals surface area contributed by atoms with E-state index in [9.17, 15) is 9.59 Å². The van der Waals surface area contributed by atoms with Gasteiger partial charge in [0.1, 0.15) is 17.2 Å². The van der Waals surface area contributed by atoms with Gasteiger partial charge in [0.15, 0.2) is 5.76 Å². The Balaban J connectivity index is 1.63. The van der Waals surface area contributed by atoms with Crippen molar-refractivity contribution < 1.29 is 23.8 Å². The van der Waals surface area contributed by atoms with Crippen molar-refractivity contribution in [3.05, 3.63) is 92.1 Å². The van der Waals surface area contributed by atoms with E-state index in [2.05, 4.69) is 15.9 Å². The van der Waals surface area contributed by atoms with Gasteiger partial charge < -0.3 is 14.2 Å². The Labute approximate surface area is 192 Å².